The molecule has 1 aromatic heterocycles. The molecule has 180 valence electrons. The minimum Gasteiger partial charge on any atom is -0.497 e. The number of amides is 2. The minimum atomic E-state index is -0.216. The van der Waals surface area contributed by atoms with Crippen LogP contribution in [0.5, 0.6) is 5.75 Å². The van der Waals surface area contributed by atoms with Crippen LogP contribution in [0.25, 0.3) is 10.9 Å². The van der Waals surface area contributed by atoms with Gasteiger partial charge in [-0.25, -0.2) is 0 Å². The number of carbonyl (C=O) groups is 3. The van der Waals surface area contributed by atoms with Crippen molar-refractivity contribution in [1.82, 2.24) is 14.8 Å². The Balaban J connectivity index is 2.02. The zero-order chi connectivity index (χ0) is 25.0. The van der Waals surface area contributed by atoms with Gasteiger partial charge in [-0.3, -0.25) is 19.0 Å². The molecule has 0 aliphatic rings. The molecule has 0 fully saturated rings. The summed E-state index contributed by atoms with van der Waals surface area (Å²) in [6.45, 7) is 7.79. The molecule has 0 atom stereocenters. The number of benzene rings is 2. The number of likely N-dealkylation sites (N-methyl/N-ethyl adjacent to an activating group) is 1. The maximum atomic E-state index is 13.4. The summed E-state index contributed by atoms with van der Waals surface area (Å²) < 4.78 is 7.00. The van der Waals surface area contributed by atoms with Crippen LogP contribution in [-0.4, -0.2) is 53.4 Å². The summed E-state index contributed by atoms with van der Waals surface area (Å²) in [4.78, 5) is 40.4. The van der Waals surface area contributed by atoms with E-state index in [4.69, 9.17) is 16.3 Å². The van der Waals surface area contributed by atoms with Gasteiger partial charge in [0, 0.05) is 34.3 Å². The molecule has 1 heterocycles. The van der Waals surface area contributed by atoms with E-state index >= 15 is 0 Å². The van der Waals surface area contributed by atoms with E-state index in [-0.39, 0.29) is 36.7 Å². The first kappa shape index (κ1) is 25.3. The number of hydrogen-bond donors (Lipinski definition) is 1. The Bertz CT molecular complexity index is 1220. The first-order valence-electron chi connectivity index (χ1n) is 11.2. The van der Waals surface area contributed by atoms with E-state index in [2.05, 4.69) is 5.32 Å². The standard InChI is InChI=1S/C26H30ClN3O4/c1-6-29(15-24(31)28-16(2)3)25(32)14-21-17(4)30(23-12-11-20(34-5)13-22(21)23)26(33)18-7-9-19(27)10-8-18/h7-13,16H,6,14-15H2,1-5H3,(H,28,31). The van der Waals surface area contributed by atoms with Crippen LogP contribution in [0.15, 0.2) is 42.5 Å². The number of aromatic nitrogens is 1. The maximum absolute atomic E-state index is 13.4. The summed E-state index contributed by atoms with van der Waals surface area (Å²) in [6, 6.07) is 12.1. The summed E-state index contributed by atoms with van der Waals surface area (Å²) in [6.07, 6.45) is 0.0548. The highest BCUT2D eigenvalue weighted by molar-refractivity contribution is 6.30. The molecule has 2 amide bonds. The van der Waals surface area contributed by atoms with Crippen molar-refractivity contribution in [2.45, 2.75) is 40.2 Å². The van der Waals surface area contributed by atoms with Crippen LogP contribution in [0.2, 0.25) is 5.02 Å². The smallest absolute Gasteiger partial charge is 0.262 e. The zero-order valence-electron chi connectivity index (χ0n) is 20.1. The largest absolute Gasteiger partial charge is 0.497 e. The van der Waals surface area contributed by atoms with E-state index in [1.807, 2.05) is 39.8 Å². The number of carbonyl (C=O) groups excluding carboxylic acids is 3. The molecule has 0 unspecified atom stereocenters. The molecule has 7 nitrogen and oxygen atoms in total. The van der Waals surface area contributed by atoms with Crippen molar-refractivity contribution in [3.05, 3.63) is 64.3 Å². The molecule has 3 rings (SSSR count). The van der Waals surface area contributed by atoms with Crippen molar-refractivity contribution >= 4 is 40.2 Å². The Kier molecular flexibility index (Phi) is 7.99. The molecule has 0 aliphatic carbocycles. The fraction of sp³-hybridized carbons (Fsp3) is 0.346. The Morgan fingerprint density at radius 1 is 1.12 bits per heavy atom. The molecule has 0 aliphatic heterocycles. The quantitative estimate of drug-likeness (QED) is 0.520. The predicted molar refractivity (Wildman–Crippen MR) is 134 cm³/mol. The van der Waals surface area contributed by atoms with E-state index in [0.29, 0.717) is 34.1 Å². The minimum absolute atomic E-state index is 0.00660. The molecule has 0 radical (unpaired) electrons. The second kappa shape index (κ2) is 10.7. The lowest BCUT2D eigenvalue weighted by Crippen LogP contribution is -2.43. The van der Waals surface area contributed by atoms with Crippen LogP contribution in [0.3, 0.4) is 0 Å². The Morgan fingerprint density at radius 2 is 1.79 bits per heavy atom. The number of ether oxygens (including phenoxy) is 1. The van der Waals surface area contributed by atoms with Gasteiger partial charge in [0.1, 0.15) is 5.75 Å². The molecular weight excluding hydrogens is 454 g/mol. The van der Waals surface area contributed by atoms with Crippen LogP contribution in [0.1, 0.15) is 42.4 Å². The summed E-state index contributed by atoms with van der Waals surface area (Å²) in [5.74, 6) is 0.0156. The van der Waals surface area contributed by atoms with Gasteiger partial charge in [-0.15, -0.1) is 0 Å². The highest BCUT2D eigenvalue weighted by Crippen LogP contribution is 2.31. The number of halogens is 1. The predicted octanol–water partition coefficient (Wildman–Crippen LogP) is 4.22. The number of methoxy groups -OCH3 is 1. The lowest BCUT2D eigenvalue weighted by atomic mass is 10.1. The van der Waals surface area contributed by atoms with Gasteiger partial charge in [0.25, 0.3) is 5.91 Å². The highest BCUT2D eigenvalue weighted by atomic mass is 35.5. The fourth-order valence-corrected chi connectivity index (χ4v) is 4.10. The van der Waals surface area contributed by atoms with Gasteiger partial charge < -0.3 is 15.0 Å². The molecule has 3 aromatic rings. The van der Waals surface area contributed by atoms with Gasteiger partial charge >= 0.3 is 0 Å². The van der Waals surface area contributed by atoms with Crippen LogP contribution >= 0.6 is 11.6 Å². The second-order valence-electron chi connectivity index (χ2n) is 8.40. The number of hydrogen-bond acceptors (Lipinski definition) is 4. The van der Waals surface area contributed by atoms with Gasteiger partial charge in [0.05, 0.1) is 25.6 Å². The third kappa shape index (κ3) is 5.42. The normalized spacial score (nSPS) is 11.0. The van der Waals surface area contributed by atoms with Crippen molar-refractivity contribution in [3.8, 4) is 5.75 Å². The molecule has 0 spiro atoms. The first-order chi connectivity index (χ1) is 16.2. The molecule has 34 heavy (non-hydrogen) atoms. The van der Waals surface area contributed by atoms with E-state index in [1.54, 1.807) is 42.0 Å². The number of nitrogens with zero attached hydrogens (tertiary/aromatic N) is 2. The molecule has 0 saturated carbocycles. The van der Waals surface area contributed by atoms with Crippen LogP contribution < -0.4 is 10.1 Å². The zero-order valence-corrected chi connectivity index (χ0v) is 20.9. The average Bonchev–Trinajstić information content (AvgIpc) is 3.07. The van der Waals surface area contributed by atoms with Gasteiger partial charge in [0.2, 0.25) is 11.8 Å². The molecule has 0 bridgehead atoms. The SMILES string of the molecule is CCN(CC(=O)NC(C)C)C(=O)Cc1c(C)n(C(=O)c2ccc(Cl)cc2)c2ccc(OC)cc12. The molecule has 0 saturated heterocycles. The lowest BCUT2D eigenvalue weighted by molar-refractivity contribution is -0.135. The van der Waals surface area contributed by atoms with Crippen molar-refractivity contribution in [3.63, 3.8) is 0 Å². The van der Waals surface area contributed by atoms with E-state index in [1.165, 1.54) is 4.90 Å². The third-order valence-electron chi connectivity index (χ3n) is 5.68. The third-order valence-corrected chi connectivity index (χ3v) is 5.93. The summed E-state index contributed by atoms with van der Waals surface area (Å²) >= 11 is 5.99. The van der Waals surface area contributed by atoms with Gasteiger partial charge in [-0.1, -0.05) is 11.6 Å². The maximum Gasteiger partial charge on any atom is 0.262 e. The Labute approximate surface area is 204 Å². The molecule has 1 N–H and O–H groups in total. The first-order valence-corrected chi connectivity index (χ1v) is 11.6. The lowest BCUT2D eigenvalue weighted by Gasteiger charge is -2.21. The summed E-state index contributed by atoms with van der Waals surface area (Å²) in [5.41, 5.74) is 2.56. The van der Waals surface area contributed by atoms with Crippen molar-refractivity contribution in [1.29, 1.82) is 0 Å². The van der Waals surface area contributed by atoms with E-state index < -0.39 is 0 Å². The Morgan fingerprint density at radius 3 is 2.38 bits per heavy atom. The Hall–Kier alpha value is -3.32. The molecule has 8 heteroatoms. The number of nitrogens with one attached hydrogen (secondary N) is 1. The van der Waals surface area contributed by atoms with Gasteiger partial charge in [-0.05, 0) is 75.7 Å². The fourth-order valence-electron chi connectivity index (χ4n) is 3.98. The van der Waals surface area contributed by atoms with Crippen molar-refractivity contribution in [2.75, 3.05) is 20.2 Å². The van der Waals surface area contributed by atoms with E-state index in [0.717, 1.165) is 10.9 Å². The number of rotatable bonds is 8. The topological polar surface area (TPSA) is 80.6 Å². The van der Waals surface area contributed by atoms with Crippen molar-refractivity contribution in [2.24, 2.45) is 0 Å². The number of fused-ring (bicyclic) bond motifs is 1. The molecule has 2 aromatic carbocycles. The van der Waals surface area contributed by atoms with Crippen molar-refractivity contribution < 1.29 is 19.1 Å². The summed E-state index contributed by atoms with van der Waals surface area (Å²) in [7, 11) is 1.57. The highest BCUT2D eigenvalue weighted by Gasteiger charge is 2.24. The van der Waals surface area contributed by atoms with E-state index in [9.17, 15) is 14.4 Å². The second-order valence-corrected chi connectivity index (χ2v) is 8.84. The van der Waals surface area contributed by atoms with Crippen LogP contribution in [-0.2, 0) is 16.0 Å². The summed E-state index contributed by atoms with van der Waals surface area (Å²) in [5, 5.41) is 4.12. The van der Waals surface area contributed by atoms with Gasteiger partial charge in [-0.2, -0.15) is 0 Å². The molecular formula is C26H30ClN3O4. The van der Waals surface area contributed by atoms with Gasteiger partial charge in [0.15, 0.2) is 0 Å². The average molecular weight is 484 g/mol. The monoisotopic (exact) mass is 483 g/mol. The van der Waals surface area contributed by atoms with Crippen LogP contribution in [0, 0.1) is 6.92 Å². The van der Waals surface area contributed by atoms with Crippen LogP contribution in [0.4, 0.5) is 0 Å².